The molecule has 0 aliphatic rings. The number of hydrogen-bond acceptors (Lipinski definition) is 3. The van der Waals surface area contributed by atoms with Gasteiger partial charge in [0.05, 0.1) is 12.2 Å². The maximum Gasteiger partial charge on any atom is 0.407 e. The van der Waals surface area contributed by atoms with E-state index in [4.69, 9.17) is 9.47 Å². The molecule has 19 heavy (non-hydrogen) atoms. The van der Waals surface area contributed by atoms with Crippen LogP contribution >= 0.6 is 0 Å². The number of carbonyl (C=O) groups is 1. The zero-order chi connectivity index (χ0) is 15.5. The van der Waals surface area contributed by atoms with Crippen molar-refractivity contribution in [3.63, 3.8) is 0 Å². The van der Waals surface area contributed by atoms with Crippen LogP contribution in [0.15, 0.2) is 0 Å². The summed E-state index contributed by atoms with van der Waals surface area (Å²) in [7, 11) is 0. The third-order valence-electron chi connectivity index (χ3n) is 2.80. The van der Waals surface area contributed by atoms with Gasteiger partial charge in [-0.1, -0.05) is 20.8 Å². The van der Waals surface area contributed by atoms with E-state index >= 15 is 0 Å². The standard InChI is InChI=1S/C13H27NO3.C2H6/c1-7-12(3,4)14-11(15)16-10-9-13(5,6)17-8-2;1-2/h7-10H2,1-6H3,(H,14,15);1-2H3. The summed E-state index contributed by atoms with van der Waals surface area (Å²) in [6, 6.07) is 0. The molecule has 0 atom stereocenters. The lowest BCUT2D eigenvalue weighted by molar-refractivity contribution is -0.0276. The summed E-state index contributed by atoms with van der Waals surface area (Å²) in [5.74, 6) is 0. The van der Waals surface area contributed by atoms with Gasteiger partial charge in [0.25, 0.3) is 0 Å². The van der Waals surface area contributed by atoms with Gasteiger partial charge >= 0.3 is 6.09 Å². The molecule has 0 aromatic heterocycles. The lowest BCUT2D eigenvalue weighted by Crippen LogP contribution is -2.43. The molecule has 0 spiro atoms. The van der Waals surface area contributed by atoms with E-state index in [-0.39, 0.29) is 17.2 Å². The molecule has 0 saturated heterocycles. The molecule has 0 radical (unpaired) electrons. The van der Waals surface area contributed by atoms with Gasteiger partial charge in [-0.25, -0.2) is 4.79 Å². The quantitative estimate of drug-likeness (QED) is 0.760. The SMILES string of the molecule is CC.CCOC(C)(C)CCOC(=O)NC(C)(C)CC. The Morgan fingerprint density at radius 1 is 1.11 bits per heavy atom. The predicted molar refractivity (Wildman–Crippen MR) is 80.5 cm³/mol. The molecule has 0 saturated carbocycles. The topological polar surface area (TPSA) is 47.6 Å². The number of hydrogen-bond donors (Lipinski definition) is 1. The van der Waals surface area contributed by atoms with E-state index in [1.165, 1.54) is 0 Å². The second-order valence-corrected chi connectivity index (χ2v) is 5.44. The van der Waals surface area contributed by atoms with Crippen molar-refractivity contribution in [3.8, 4) is 0 Å². The van der Waals surface area contributed by atoms with Crippen molar-refractivity contribution in [2.24, 2.45) is 0 Å². The minimum atomic E-state index is -0.357. The lowest BCUT2D eigenvalue weighted by atomic mass is 10.0. The fraction of sp³-hybridized carbons (Fsp3) is 0.933. The van der Waals surface area contributed by atoms with Gasteiger partial charge in [0.1, 0.15) is 0 Å². The monoisotopic (exact) mass is 275 g/mol. The molecule has 0 aromatic carbocycles. The van der Waals surface area contributed by atoms with Crippen LogP contribution in [-0.4, -0.2) is 30.4 Å². The van der Waals surface area contributed by atoms with E-state index in [0.717, 1.165) is 6.42 Å². The second kappa shape index (κ2) is 10.1. The first-order chi connectivity index (χ1) is 8.72. The van der Waals surface area contributed by atoms with Crippen molar-refractivity contribution in [1.82, 2.24) is 5.32 Å². The van der Waals surface area contributed by atoms with Crippen LogP contribution in [0.25, 0.3) is 0 Å². The van der Waals surface area contributed by atoms with Crippen molar-refractivity contribution < 1.29 is 14.3 Å². The summed E-state index contributed by atoms with van der Waals surface area (Å²) in [4.78, 5) is 11.5. The third kappa shape index (κ3) is 12.0. The molecule has 4 nitrogen and oxygen atoms in total. The maximum absolute atomic E-state index is 11.5. The van der Waals surface area contributed by atoms with Crippen molar-refractivity contribution in [1.29, 1.82) is 0 Å². The first-order valence-electron chi connectivity index (χ1n) is 7.31. The maximum atomic E-state index is 11.5. The van der Waals surface area contributed by atoms with E-state index in [1.54, 1.807) is 0 Å². The normalized spacial score (nSPS) is 11.4. The molecule has 0 aliphatic carbocycles. The second-order valence-electron chi connectivity index (χ2n) is 5.44. The average Bonchev–Trinajstić information content (AvgIpc) is 2.30. The van der Waals surface area contributed by atoms with Crippen LogP contribution in [0.2, 0.25) is 0 Å². The minimum Gasteiger partial charge on any atom is -0.449 e. The first kappa shape index (κ1) is 20.5. The van der Waals surface area contributed by atoms with Crippen LogP contribution in [0.4, 0.5) is 4.79 Å². The Balaban J connectivity index is 0. The molecule has 0 unspecified atom stereocenters. The fourth-order valence-electron chi connectivity index (χ4n) is 1.25. The summed E-state index contributed by atoms with van der Waals surface area (Å²) < 4.78 is 10.7. The number of ether oxygens (including phenoxy) is 2. The fourth-order valence-corrected chi connectivity index (χ4v) is 1.25. The smallest absolute Gasteiger partial charge is 0.407 e. The zero-order valence-electron chi connectivity index (χ0n) is 14.1. The molecule has 116 valence electrons. The van der Waals surface area contributed by atoms with E-state index < -0.39 is 0 Å². The highest BCUT2D eigenvalue weighted by Gasteiger charge is 2.21. The van der Waals surface area contributed by atoms with Crippen molar-refractivity contribution >= 4 is 6.09 Å². The molecule has 0 aromatic rings. The highest BCUT2D eigenvalue weighted by atomic mass is 16.6. The van der Waals surface area contributed by atoms with E-state index in [2.05, 4.69) is 5.32 Å². The van der Waals surface area contributed by atoms with Crippen molar-refractivity contribution in [2.45, 2.75) is 79.4 Å². The van der Waals surface area contributed by atoms with Crippen LogP contribution in [-0.2, 0) is 9.47 Å². The number of nitrogens with one attached hydrogen (secondary N) is 1. The number of alkyl carbamates (subject to hydrolysis) is 1. The molecule has 1 N–H and O–H groups in total. The Morgan fingerprint density at radius 2 is 1.63 bits per heavy atom. The molecule has 0 heterocycles. The molecule has 0 bridgehead atoms. The Bertz CT molecular complexity index is 238. The van der Waals surface area contributed by atoms with Crippen molar-refractivity contribution in [2.75, 3.05) is 13.2 Å². The summed E-state index contributed by atoms with van der Waals surface area (Å²) in [5, 5.41) is 2.82. The summed E-state index contributed by atoms with van der Waals surface area (Å²) in [6.07, 6.45) is 1.21. The molecule has 0 aliphatic heterocycles. The van der Waals surface area contributed by atoms with E-state index in [1.807, 2.05) is 55.4 Å². The Kier molecular flexibility index (Phi) is 10.9. The number of carbonyl (C=O) groups excluding carboxylic acids is 1. The van der Waals surface area contributed by atoms with Gasteiger partial charge in [-0.3, -0.25) is 0 Å². The van der Waals surface area contributed by atoms with Gasteiger partial charge in [-0.2, -0.15) is 0 Å². The molecule has 1 amide bonds. The molecule has 0 rings (SSSR count). The Morgan fingerprint density at radius 3 is 2.05 bits per heavy atom. The average molecular weight is 275 g/mol. The van der Waals surface area contributed by atoms with Gasteiger partial charge in [-0.15, -0.1) is 0 Å². The Hall–Kier alpha value is -0.770. The van der Waals surface area contributed by atoms with E-state index in [0.29, 0.717) is 19.6 Å². The van der Waals surface area contributed by atoms with E-state index in [9.17, 15) is 4.79 Å². The van der Waals surface area contributed by atoms with Gasteiger partial charge < -0.3 is 14.8 Å². The Labute approximate surface area is 119 Å². The van der Waals surface area contributed by atoms with Gasteiger partial charge in [0, 0.05) is 18.6 Å². The van der Waals surface area contributed by atoms with Crippen LogP contribution in [0.3, 0.4) is 0 Å². The minimum absolute atomic E-state index is 0.216. The first-order valence-corrected chi connectivity index (χ1v) is 7.31. The largest absolute Gasteiger partial charge is 0.449 e. The van der Waals surface area contributed by atoms with Crippen LogP contribution in [0.5, 0.6) is 0 Å². The molecular formula is C15H33NO3. The van der Waals surface area contributed by atoms with Gasteiger partial charge in [0.2, 0.25) is 0 Å². The summed E-state index contributed by atoms with van der Waals surface area (Å²) in [6.45, 7) is 17.0. The molecule has 0 fully saturated rings. The highest BCUT2D eigenvalue weighted by Crippen LogP contribution is 2.14. The third-order valence-corrected chi connectivity index (χ3v) is 2.80. The molecular weight excluding hydrogens is 242 g/mol. The van der Waals surface area contributed by atoms with Crippen LogP contribution in [0, 0.1) is 0 Å². The zero-order valence-corrected chi connectivity index (χ0v) is 14.1. The number of rotatable bonds is 7. The number of amides is 1. The predicted octanol–water partition coefficient (Wildman–Crippen LogP) is 4.13. The van der Waals surface area contributed by atoms with Gasteiger partial charge in [-0.05, 0) is 41.0 Å². The summed E-state index contributed by atoms with van der Waals surface area (Å²) in [5.41, 5.74) is -0.457. The summed E-state index contributed by atoms with van der Waals surface area (Å²) >= 11 is 0. The lowest BCUT2D eigenvalue weighted by Gasteiger charge is -2.26. The molecule has 4 heteroatoms. The van der Waals surface area contributed by atoms with Crippen LogP contribution < -0.4 is 5.32 Å². The van der Waals surface area contributed by atoms with Crippen molar-refractivity contribution in [3.05, 3.63) is 0 Å². The highest BCUT2D eigenvalue weighted by molar-refractivity contribution is 5.68. The van der Waals surface area contributed by atoms with Crippen LogP contribution in [0.1, 0.15) is 68.2 Å². The van der Waals surface area contributed by atoms with Gasteiger partial charge in [0.15, 0.2) is 0 Å².